The number of carbonyl (C=O) groups excluding carboxylic acids is 3. The Hall–Kier alpha value is -4.36. The van der Waals surface area contributed by atoms with E-state index >= 15 is 0 Å². The van der Waals surface area contributed by atoms with Crippen molar-refractivity contribution in [3.05, 3.63) is 70.9 Å². The number of amides is 3. The smallest absolute Gasteiger partial charge is 0.255 e. The molecule has 3 aliphatic rings. The van der Waals surface area contributed by atoms with Crippen LogP contribution in [0.5, 0.6) is 5.75 Å². The number of nitriles is 1. The summed E-state index contributed by atoms with van der Waals surface area (Å²) in [6, 6.07) is 15.7. The lowest BCUT2D eigenvalue weighted by atomic mass is 10.0. The molecule has 3 aromatic rings. The van der Waals surface area contributed by atoms with Crippen molar-refractivity contribution >= 4 is 28.6 Å². The van der Waals surface area contributed by atoms with Crippen LogP contribution in [0, 0.1) is 11.3 Å². The van der Waals surface area contributed by atoms with Gasteiger partial charge in [0, 0.05) is 43.5 Å². The summed E-state index contributed by atoms with van der Waals surface area (Å²) in [7, 11) is 0. The van der Waals surface area contributed by atoms with Crippen LogP contribution in [0.1, 0.15) is 40.0 Å². The summed E-state index contributed by atoms with van der Waals surface area (Å²) in [6.07, 6.45) is -1.34. The molecule has 1 N–H and O–H groups in total. The third kappa shape index (κ3) is 4.46. The predicted molar refractivity (Wildman–Crippen MR) is 134 cm³/mol. The molecule has 0 bridgehead atoms. The van der Waals surface area contributed by atoms with E-state index in [-0.39, 0.29) is 31.3 Å². The number of piperidine rings is 1. The molecule has 2 aromatic carbocycles. The van der Waals surface area contributed by atoms with Gasteiger partial charge in [0.05, 0.1) is 5.52 Å². The third-order valence-corrected chi connectivity index (χ3v) is 7.33. The first kappa shape index (κ1) is 24.0. The maximum Gasteiger partial charge on any atom is 0.255 e. The van der Waals surface area contributed by atoms with Crippen molar-refractivity contribution in [1.29, 1.82) is 5.26 Å². The Bertz CT molecular complexity index is 1520. The minimum Gasteiger partial charge on any atom is -0.486 e. The fraction of sp³-hybridized carbons (Fsp3) is 0.321. The summed E-state index contributed by atoms with van der Waals surface area (Å²) in [5.41, 5.74) is 3.32. The van der Waals surface area contributed by atoms with Crippen LogP contribution in [-0.2, 0) is 22.7 Å². The summed E-state index contributed by atoms with van der Waals surface area (Å²) >= 11 is 0. The SMILES string of the molecule is N#Cc1ccc2cc(CN3C[C@H](F)[C@H](Oc4ccc5c(c4)CN(C4CCC(=O)NC4=O)C5=O)C3)ccc2n1. The van der Waals surface area contributed by atoms with E-state index < -0.39 is 24.2 Å². The largest absolute Gasteiger partial charge is 0.486 e. The predicted octanol–water partition coefficient (Wildman–Crippen LogP) is 2.47. The second-order valence-electron chi connectivity index (χ2n) is 9.92. The van der Waals surface area contributed by atoms with E-state index in [4.69, 9.17) is 10.00 Å². The fourth-order valence-electron chi connectivity index (χ4n) is 5.44. The second-order valence-corrected chi connectivity index (χ2v) is 9.92. The Labute approximate surface area is 217 Å². The molecule has 6 rings (SSSR count). The van der Waals surface area contributed by atoms with Crippen LogP contribution in [0.2, 0.25) is 0 Å². The van der Waals surface area contributed by atoms with Gasteiger partial charge in [0.2, 0.25) is 11.8 Å². The van der Waals surface area contributed by atoms with Crippen molar-refractivity contribution in [1.82, 2.24) is 20.1 Å². The Balaban J connectivity index is 1.10. The van der Waals surface area contributed by atoms with Gasteiger partial charge in [-0.1, -0.05) is 6.07 Å². The number of alkyl halides is 1. The highest BCUT2D eigenvalue weighted by atomic mass is 19.1. The average Bonchev–Trinajstić information content (AvgIpc) is 3.41. The highest BCUT2D eigenvalue weighted by Crippen LogP contribution is 2.31. The van der Waals surface area contributed by atoms with Gasteiger partial charge in [0.25, 0.3) is 5.91 Å². The second kappa shape index (κ2) is 9.50. The Kier molecular flexibility index (Phi) is 6.00. The Morgan fingerprint density at radius 1 is 1.11 bits per heavy atom. The van der Waals surface area contributed by atoms with Crippen molar-refractivity contribution < 1.29 is 23.5 Å². The van der Waals surface area contributed by atoms with E-state index in [2.05, 4.69) is 10.3 Å². The number of rotatable bonds is 5. The van der Waals surface area contributed by atoms with Gasteiger partial charge >= 0.3 is 0 Å². The molecule has 1 aromatic heterocycles. The highest BCUT2D eigenvalue weighted by molar-refractivity contribution is 6.05. The van der Waals surface area contributed by atoms with Crippen LogP contribution in [0.25, 0.3) is 10.9 Å². The minimum atomic E-state index is -1.18. The van der Waals surface area contributed by atoms with Gasteiger partial charge in [0.1, 0.15) is 29.7 Å². The van der Waals surface area contributed by atoms with Crippen molar-refractivity contribution in [3.63, 3.8) is 0 Å². The molecule has 3 amide bonds. The Morgan fingerprint density at radius 3 is 2.79 bits per heavy atom. The van der Waals surface area contributed by atoms with E-state index in [0.717, 1.165) is 16.5 Å². The molecule has 2 fully saturated rings. The molecule has 3 aliphatic heterocycles. The average molecular weight is 514 g/mol. The molecule has 1 unspecified atom stereocenters. The van der Waals surface area contributed by atoms with Gasteiger partial charge in [-0.05, 0) is 60.0 Å². The maximum absolute atomic E-state index is 14.9. The molecular formula is C28H24FN5O4. The number of benzene rings is 2. The number of hydrogen-bond acceptors (Lipinski definition) is 7. The lowest BCUT2D eigenvalue weighted by Crippen LogP contribution is -2.52. The first-order valence-electron chi connectivity index (χ1n) is 12.5. The monoisotopic (exact) mass is 513 g/mol. The number of aromatic nitrogens is 1. The number of imide groups is 1. The number of pyridine rings is 1. The van der Waals surface area contributed by atoms with E-state index in [1.165, 1.54) is 4.90 Å². The van der Waals surface area contributed by atoms with Gasteiger partial charge in [0.15, 0.2) is 6.17 Å². The normalized spacial score (nSPS) is 23.4. The van der Waals surface area contributed by atoms with Crippen LogP contribution in [0.4, 0.5) is 4.39 Å². The third-order valence-electron chi connectivity index (χ3n) is 7.33. The minimum absolute atomic E-state index is 0.194. The highest BCUT2D eigenvalue weighted by Gasteiger charge is 2.40. The topological polar surface area (TPSA) is 116 Å². The summed E-state index contributed by atoms with van der Waals surface area (Å²) in [5, 5.41) is 12.2. The van der Waals surface area contributed by atoms with Crippen molar-refractivity contribution in [2.75, 3.05) is 13.1 Å². The molecule has 0 spiro atoms. The number of halogens is 1. The number of nitrogens with zero attached hydrogens (tertiary/aromatic N) is 4. The fourth-order valence-corrected chi connectivity index (χ4v) is 5.44. The van der Waals surface area contributed by atoms with Crippen LogP contribution in [0.15, 0.2) is 48.5 Å². The molecule has 192 valence electrons. The van der Waals surface area contributed by atoms with Crippen LogP contribution >= 0.6 is 0 Å². The molecule has 3 atom stereocenters. The van der Waals surface area contributed by atoms with Gasteiger partial charge in [-0.15, -0.1) is 0 Å². The summed E-state index contributed by atoms with van der Waals surface area (Å²) < 4.78 is 21.0. The summed E-state index contributed by atoms with van der Waals surface area (Å²) in [4.78, 5) is 44.4. The van der Waals surface area contributed by atoms with Crippen molar-refractivity contribution in [2.24, 2.45) is 0 Å². The van der Waals surface area contributed by atoms with E-state index in [9.17, 15) is 18.8 Å². The van der Waals surface area contributed by atoms with Gasteiger partial charge in [-0.3, -0.25) is 24.6 Å². The zero-order valence-corrected chi connectivity index (χ0v) is 20.4. The zero-order valence-electron chi connectivity index (χ0n) is 20.4. The molecule has 0 aliphatic carbocycles. The first-order valence-corrected chi connectivity index (χ1v) is 12.5. The number of hydrogen-bond donors (Lipinski definition) is 1. The van der Waals surface area contributed by atoms with Gasteiger partial charge in [-0.25, -0.2) is 9.37 Å². The molecule has 10 heteroatoms. The summed E-state index contributed by atoms with van der Waals surface area (Å²) in [6.45, 7) is 1.43. The molecule has 9 nitrogen and oxygen atoms in total. The number of fused-ring (bicyclic) bond motifs is 2. The number of carbonyl (C=O) groups is 3. The molecule has 38 heavy (non-hydrogen) atoms. The van der Waals surface area contributed by atoms with Crippen LogP contribution < -0.4 is 10.1 Å². The standard InChI is InChI=1S/C28H24FN5O4/c29-22-14-33(12-16-1-6-23-17(9-16)2-3-19(11-30)31-23)15-25(22)38-20-4-5-21-18(10-20)13-34(28(21)37)24-7-8-26(35)32-27(24)36/h1-6,9-10,22,24-25H,7-8,12-15H2,(H,32,35,36)/t22-,24?,25+/m0/s1. The quantitative estimate of drug-likeness (QED) is 0.521. The summed E-state index contributed by atoms with van der Waals surface area (Å²) in [5.74, 6) is -0.573. The lowest BCUT2D eigenvalue weighted by Gasteiger charge is -2.29. The van der Waals surface area contributed by atoms with Crippen molar-refractivity contribution in [3.8, 4) is 11.8 Å². The lowest BCUT2D eigenvalue weighted by molar-refractivity contribution is -0.136. The molecular weight excluding hydrogens is 489 g/mol. The zero-order chi connectivity index (χ0) is 26.4. The number of ether oxygens (including phenoxy) is 1. The first-order chi connectivity index (χ1) is 18.4. The Morgan fingerprint density at radius 2 is 1.97 bits per heavy atom. The molecule has 0 radical (unpaired) electrons. The van der Waals surface area contributed by atoms with Crippen LogP contribution in [0.3, 0.4) is 0 Å². The number of likely N-dealkylation sites (tertiary alicyclic amines) is 1. The maximum atomic E-state index is 14.9. The van der Waals surface area contributed by atoms with Gasteiger partial charge < -0.3 is 9.64 Å². The van der Waals surface area contributed by atoms with Gasteiger partial charge in [-0.2, -0.15) is 5.26 Å². The van der Waals surface area contributed by atoms with Crippen molar-refractivity contribution in [2.45, 2.75) is 44.2 Å². The van der Waals surface area contributed by atoms with E-state index in [1.54, 1.807) is 24.3 Å². The van der Waals surface area contributed by atoms with E-state index in [0.29, 0.717) is 42.1 Å². The van der Waals surface area contributed by atoms with E-state index in [1.807, 2.05) is 35.2 Å². The molecule has 2 saturated heterocycles. The number of nitrogens with one attached hydrogen (secondary N) is 1. The molecule has 4 heterocycles. The van der Waals surface area contributed by atoms with Crippen LogP contribution in [-0.4, -0.2) is 63.9 Å². The molecule has 0 saturated carbocycles.